The summed E-state index contributed by atoms with van der Waals surface area (Å²) in [5, 5.41) is 4.80. The Kier molecular flexibility index (Phi) is 5.13. The largest absolute Gasteiger partial charge is 0.269 e. The van der Waals surface area contributed by atoms with E-state index in [4.69, 9.17) is 5.10 Å². The second-order valence-electron chi connectivity index (χ2n) is 6.00. The van der Waals surface area contributed by atoms with E-state index in [-0.39, 0.29) is 0 Å². The average molecular weight is 347 g/mol. The van der Waals surface area contributed by atoms with Crippen molar-refractivity contribution >= 4 is 15.9 Å². The molecule has 112 valence electrons. The lowest BCUT2D eigenvalue weighted by atomic mass is 9.96. The van der Waals surface area contributed by atoms with Gasteiger partial charge in [0.25, 0.3) is 0 Å². The third kappa shape index (κ3) is 3.97. The van der Waals surface area contributed by atoms with Crippen molar-refractivity contribution in [3.05, 3.63) is 53.9 Å². The van der Waals surface area contributed by atoms with Gasteiger partial charge in [-0.1, -0.05) is 65.5 Å². The van der Waals surface area contributed by atoms with Gasteiger partial charge in [-0.3, -0.25) is 4.68 Å². The molecule has 1 unspecified atom stereocenters. The van der Waals surface area contributed by atoms with E-state index in [9.17, 15) is 0 Å². The van der Waals surface area contributed by atoms with E-state index in [0.717, 1.165) is 12.8 Å². The summed E-state index contributed by atoms with van der Waals surface area (Å²) in [6, 6.07) is 13.5. The summed E-state index contributed by atoms with van der Waals surface area (Å²) in [5.74, 6) is 0. The van der Waals surface area contributed by atoms with E-state index < -0.39 is 0 Å². The Balaban J connectivity index is 1.55. The fraction of sp³-hybridized carbons (Fsp3) is 0.500. The molecule has 1 atom stereocenters. The molecule has 1 saturated carbocycles. The van der Waals surface area contributed by atoms with Gasteiger partial charge in [0.2, 0.25) is 0 Å². The Bertz CT molecular complexity index is 543. The lowest BCUT2D eigenvalue weighted by molar-refractivity contribution is 0.328. The molecular formula is C18H23BrN2. The molecule has 1 aliphatic carbocycles. The Hall–Kier alpha value is -1.09. The van der Waals surface area contributed by atoms with Gasteiger partial charge in [0.1, 0.15) is 0 Å². The summed E-state index contributed by atoms with van der Waals surface area (Å²) in [6.07, 6.45) is 11.0. The maximum absolute atomic E-state index is 4.80. The van der Waals surface area contributed by atoms with Crippen molar-refractivity contribution in [2.45, 2.75) is 55.8 Å². The second kappa shape index (κ2) is 7.26. The van der Waals surface area contributed by atoms with E-state index in [1.165, 1.54) is 43.4 Å². The smallest absolute Gasteiger partial charge is 0.0625 e. The van der Waals surface area contributed by atoms with Crippen LogP contribution in [0.2, 0.25) is 0 Å². The number of hydrogen-bond donors (Lipinski definition) is 0. The molecule has 1 aromatic heterocycles. The number of rotatable bonds is 5. The monoisotopic (exact) mass is 346 g/mol. The highest BCUT2D eigenvalue weighted by molar-refractivity contribution is 9.09. The molecule has 0 aliphatic heterocycles. The van der Waals surface area contributed by atoms with Crippen molar-refractivity contribution in [1.82, 2.24) is 9.78 Å². The number of aromatic nitrogens is 2. The van der Waals surface area contributed by atoms with Crippen molar-refractivity contribution in [3.63, 3.8) is 0 Å². The van der Waals surface area contributed by atoms with Crippen LogP contribution >= 0.6 is 15.9 Å². The molecule has 2 aromatic rings. The van der Waals surface area contributed by atoms with Crippen molar-refractivity contribution in [1.29, 1.82) is 0 Å². The highest BCUT2D eigenvalue weighted by Crippen LogP contribution is 2.29. The standard InChI is InChI=1S/C18H23BrN2/c19-18(15-7-3-1-4-8-15)12-11-16-13-14-21(20-16)17-9-5-2-6-10-17/h1,3-4,7-8,13-14,17-18H,2,5-6,9-12H2. The van der Waals surface area contributed by atoms with E-state index >= 15 is 0 Å². The Morgan fingerprint density at radius 2 is 1.86 bits per heavy atom. The zero-order chi connectivity index (χ0) is 14.5. The fourth-order valence-electron chi connectivity index (χ4n) is 3.16. The van der Waals surface area contributed by atoms with Crippen LogP contribution in [-0.4, -0.2) is 9.78 Å². The molecule has 0 amide bonds. The quantitative estimate of drug-likeness (QED) is 0.657. The van der Waals surface area contributed by atoms with Crippen molar-refractivity contribution in [3.8, 4) is 0 Å². The van der Waals surface area contributed by atoms with Gasteiger partial charge in [0.05, 0.1) is 11.7 Å². The number of aryl methyl sites for hydroxylation is 1. The minimum Gasteiger partial charge on any atom is -0.269 e. The van der Waals surface area contributed by atoms with Gasteiger partial charge in [-0.25, -0.2) is 0 Å². The van der Waals surface area contributed by atoms with Crippen LogP contribution in [0.25, 0.3) is 0 Å². The molecule has 21 heavy (non-hydrogen) atoms. The predicted molar refractivity (Wildman–Crippen MR) is 90.8 cm³/mol. The summed E-state index contributed by atoms with van der Waals surface area (Å²) in [4.78, 5) is 0.415. The molecule has 0 N–H and O–H groups in total. The van der Waals surface area contributed by atoms with Crippen molar-refractivity contribution in [2.75, 3.05) is 0 Å². The first-order valence-electron chi connectivity index (χ1n) is 8.06. The average Bonchev–Trinajstić information content (AvgIpc) is 3.03. The summed E-state index contributed by atoms with van der Waals surface area (Å²) < 4.78 is 2.21. The van der Waals surface area contributed by atoms with Crippen molar-refractivity contribution < 1.29 is 0 Å². The third-order valence-corrected chi connectivity index (χ3v) is 5.41. The van der Waals surface area contributed by atoms with Crippen LogP contribution in [0, 0.1) is 0 Å². The Morgan fingerprint density at radius 1 is 1.10 bits per heavy atom. The molecule has 0 spiro atoms. The molecule has 2 nitrogen and oxygen atoms in total. The van der Waals surface area contributed by atoms with Gasteiger partial charge in [0, 0.05) is 11.0 Å². The van der Waals surface area contributed by atoms with Crippen LogP contribution < -0.4 is 0 Å². The molecule has 1 fully saturated rings. The summed E-state index contributed by atoms with van der Waals surface area (Å²) in [6.45, 7) is 0. The van der Waals surface area contributed by atoms with Gasteiger partial charge in [-0.2, -0.15) is 5.10 Å². The number of halogens is 1. The van der Waals surface area contributed by atoms with Gasteiger partial charge in [-0.05, 0) is 37.3 Å². The SMILES string of the molecule is BrC(CCc1ccn(C2CCCCC2)n1)c1ccccc1. The zero-order valence-corrected chi connectivity index (χ0v) is 14.0. The lowest BCUT2D eigenvalue weighted by Gasteiger charge is -2.21. The number of benzene rings is 1. The number of alkyl halides is 1. The first-order valence-corrected chi connectivity index (χ1v) is 8.97. The molecule has 0 saturated heterocycles. The van der Waals surface area contributed by atoms with E-state index in [1.54, 1.807) is 0 Å². The van der Waals surface area contributed by atoms with Gasteiger partial charge >= 0.3 is 0 Å². The Labute approximate surface area is 135 Å². The normalized spacial score (nSPS) is 17.8. The maximum atomic E-state index is 4.80. The first kappa shape index (κ1) is 14.8. The second-order valence-corrected chi connectivity index (χ2v) is 7.10. The van der Waals surface area contributed by atoms with E-state index in [1.807, 2.05) is 0 Å². The van der Waals surface area contributed by atoms with E-state index in [2.05, 4.69) is 63.2 Å². The van der Waals surface area contributed by atoms with Crippen LogP contribution in [0.5, 0.6) is 0 Å². The molecule has 0 radical (unpaired) electrons. The minimum absolute atomic E-state index is 0.415. The predicted octanol–water partition coefficient (Wildman–Crippen LogP) is 5.46. The molecule has 1 aromatic carbocycles. The number of nitrogens with zero attached hydrogens (tertiary/aromatic N) is 2. The summed E-state index contributed by atoms with van der Waals surface area (Å²) in [7, 11) is 0. The summed E-state index contributed by atoms with van der Waals surface area (Å²) >= 11 is 3.79. The topological polar surface area (TPSA) is 17.8 Å². The Morgan fingerprint density at radius 3 is 2.62 bits per heavy atom. The molecular weight excluding hydrogens is 324 g/mol. The highest BCUT2D eigenvalue weighted by atomic mass is 79.9. The van der Waals surface area contributed by atoms with Gasteiger partial charge < -0.3 is 0 Å². The molecule has 3 heteroatoms. The summed E-state index contributed by atoms with van der Waals surface area (Å²) in [5.41, 5.74) is 2.57. The van der Waals surface area contributed by atoms with Crippen LogP contribution in [0.3, 0.4) is 0 Å². The van der Waals surface area contributed by atoms with Crippen LogP contribution in [0.4, 0.5) is 0 Å². The highest BCUT2D eigenvalue weighted by Gasteiger charge is 2.16. The zero-order valence-electron chi connectivity index (χ0n) is 12.4. The number of hydrogen-bond acceptors (Lipinski definition) is 1. The fourth-order valence-corrected chi connectivity index (χ4v) is 3.70. The third-order valence-electron chi connectivity index (χ3n) is 4.43. The van der Waals surface area contributed by atoms with Crippen LogP contribution in [-0.2, 0) is 6.42 Å². The molecule has 1 heterocycles. The minimum atomic E-state index is 0.415. The van der Waals surface area contributed by atoms with Crippen molar-refractivity contribution in [2.24, 2.45) is 0 Å². The molecule has 0 bridgehead atoms. The first-order chi connectivity index (χ1) is 10.3. The van der Waals surface area contributed by atoms with Gasteiger partial charge in [0.15, 0.2) is 0 Å². The van der Waals surface area contributed by atoms with E-state index in [0.29, 0.717) is 10.9 Å². The van der Waals surface area contributed by atoms with Crippen LogP contribution in [0.1, 0.15) is 60.7 Å². The van der Waals surface area contributed by atoms with Gasteiger partial charge in [-0.15, -0.1) is 0 Å². The lowest BCUT2D eigenvalue weighted by Crippen LogP contribution is -2.13. The maximum Gasteiger partial charge on any atom is 0.0625 e. The molecule has 3 rings (SSSR count). The molecule has 1 aliphatic rings. The van der Waals surface area contributed by atoms with Crippen LogP contribution in [0.15, 0.2) is 42.6 Å².